The van der Waals surface area contributed by atoms with E-state index < -0.39 is 0 Å². The third-order valence-corrected chi connectivity index (χ3v) is 3.94. The zero-order valence-corrected chi connectivity index (χ0v) is 12.7. The van der Waals surface area contributed by atoms with E-state index >= 15 is 0 Å². The summed E-state index contributed by atoms with van der Waals surface area (Å²) in [4.78, 5) is 15.8. The minimum atomic E-state index is 0.923. The van der Waals surface area contributed by atoms with Crippen molar-refractivity contribution in [3.05, 3.63) is 36.2 Å². The lowest BCUT2D eigenvalue weighted by Gasteiger charge is -2.27. The molecule has 0 radical (unpaired) electrons. The molecule has 0 saturated carbocycles. The predicted molar refractivity (Wildman–Crippen MR) is 83.4 cm³/mol. The number of aromatic nitrogens is 4. The van der Waals surface area contributed by atoms with Crippen LogP contribution in [-0.4, -0.2) is 32.6 Å². The Morgan fingerprint density at radius 3 is 2.76 bits per heavy atom. The van der Waals surface area contributed by atoms with Gasteiger partial charge >= 0.3 is 0 Å². The SMILES string of the molecule is Cc1cc(CCCn2ccnc2)nc(N2CCCCC2)n1. The van der Waals surface area contributed by atoms with E-state index in [1.54, 1.807) is 0 Å². The molecule has 1 aliphatic heterocycles. The zero-order chi connectivity index (χ0) is 14.5. The topological polar surface area (TPSA) is 46.8 Å². The molecule has 0 aliphatic carbocycles. The van der Waals surface area contributed by atoms with Gasteiger partial charge in [-0.15, -0.1) is 0 Å². The average Bonchev–Trinajstić information content (AvgIpc) is 3.01. The molecule has 1 aliphatic rings. The molecular weight excluding hydrogens is 262 g/mol. The minimum absolute atomic E-state index is 0.923. The van der Waals surface area contributed by atoms with E-state index in [1.165, 1.54) is 19.3 Å². The number of aryl methyl sites for hydroxylation is 3. The number of nitrogens with zero attached hydrogens (tertiary/aromatic N) is 5. The van der Waals surface area contributed by atoms with Crippen molar-refractivity contribution in [2.45, 2.75) is 45.6 Å². The van der Waals surface area contributed by atoms with E-state index in [9.17, 15) is 0 Å². The van der Waals surface area contributed by atoms with Crippen LogP contribution in [0.3, 0.4) is 0 Å². The second-order valence-electron chi connectivity index (χ2n) is 5.75. The van der Waals surface area contributed by atoms with Crippen molar-refractivity contribution in [1.29, 1.82) is 0 Å². The molecule has 21 heavy (non-hydrogen) atoms. The van der Waals surface area contributed by atoms with Gasteiger partial charge in [-0.25, -0.2) is 15.0 Å². The smallest absolute Gasteiger partial charge is 0.225 e. The maximum Gasteiger partial charge on any atom is 0.225 e. The number of anilines is 1. The van der Waals surface area contributed by atoms with Crippen molar-refractivity contribution < 1.29 is 0 Å². The van der Waals surface area contributed by atoms with Crippen LogP contribution >= 0.6 is 0 Å². The molecule has 5 heteroatoms. The Morgan fingerprint density at radius 1 is 1.14 bits per heavy atom. The van der Waals surface area contributed by atoms with Gasteiger partial charge in [-0.2, -0.15) is 0 Å². The average molecular weight is 285 g/mol. The van der Waals surface area contributed by atoms with Gasteiger partial charge in [0.05, 0.1) is 6.33 Å². The van der Waals surface area contributed by atoms with Gasteiger partial charge in [0.15, 0.2) is 0 Å². The molecule has 0 spiro atoms. The lowest BCUT2D eigenvalue weighted by molar-refractivity contribution is 0.565. The van der Waals surface area contributed by atoms with Gasteiger partial charge in [-0.05, 0) is 45.1 Å². The van der Waals surface area contributed by atoms with E-state index in [2.05, 4.69) is 32.4 Å². The number of hydrogen-bond donors (Lipinski definition) is 0. The summed E-state index contributed by atoms with van der Waals surface area (Å²) < 4.78 is 2.11. The van der Waals surface area contributed by atoms with Gasteiger partial charge in [0.2, 0.25) is 5.95 Å². The van der Waals surface area contributed by atoms with E-state index in [0.29, 0.717) is 0 Å². The van der Waals surface area contributed by atoms with Crippen molar-refractivity contribution in [3.63, 3.8) is 0 Å². The molecule has 0 atom stereocenters. The Hall–Kier alpha value is -1.91. The van der Waals surface area contributed by atoms with Crippen molar-refractivity contribution in [2.24, 2.45) is 0 Å². The maximum atomic E-state index is 4.77. The first-order chi connectivity index (χ1) is 10.3. The predicted octanol–water partition coefficient (Wildman–Crippen LogP) is 2.60. The zero-order valence-electron chi connectivity index (χ0n) is 12.7. The lowest BCUT2D eigenvalue weighted by atomic mass is 10.1. The number of hydrogen-bond acceptors (Lipinski definition) is 4. The fourth-order valence-corrected chi connectivity index (χ4v) is 2.84. The highest BCUT2D eigenvalue weighted by atomic mass is 15.3. The summed E-state index contributed by atoms with van der Waals surface area (Å²) in [5.41, 5.74) is 2.23. The van der Waals surface area contributed by atoms with Crippen LogP contribution in [0.4, 0.5) is 5.95 Å². The highest BCUT2D eigenvalue weighted by Crippen LogP contribution is 2.17. The number of rotatable bonds is 5. The van der Waals surface area contributed by atoms with Gasteiger partial charge < -0.3 is 9.47 Å². The lowest BCUT2D eigenvalue weighted by Crippen LogP contribution is -2.31. The van der Waals surface area contributed by atoms with Crippen LogP contribution in [0.15, 0.2) is 24.8 Å². The molecule has 1 saturated heterocycles. The molecule has 0 amide bonds. The second-order valence-corrected chi connectivity index (χ2v) is 5.75. The van der Waals surface area contributed by atoms with Crippen molar-refractivity contribution in [1.82, 2.24) is 19.5 Å². The largest absolute Gasteiger partial charge is 0.341 e. The fourth-order valence-electron chi connectivity index (χ4n) is 2.84. The van der Waals surface area contributed by atoms with E-state index in [1.807, 2.05) is 18.7 Å². The van der Waals surface area contributed by atoms with Crippen molar-refractivity contribution in [3.8, 4) is 0 Å². The molecule has 3 heterocycles. The van der Waals surface area contributed by atoms with Gasteiger partial charge in [0.25, 0.3) is 0 Å². The second kappa shape index (κ2) is 6.70. The monoisotopic (exact) mass is 285 g/mol. The van der Waals surface area contributed by atoms with Crippen LogP contribution in [0.25, 0.3) is 0 Å². The highest BCUT2D eigenvalue weighted by Gasteiger charge is 2.14. The van der Waals surface area contributed by atoms with E-state index in [0.717, 1.165) is 49.8 Å². The standard InChI is InChI=1S/C16H23N5/c1-14-12-15(6-5-8-20-11-7-17-13-20)19-16(18-14)21-9-3-2-4-10-21/h7,11-13H,2-6,8-10H2,1H3. The molecule has 2 aromatic heterocycles. The third kappa shape index (κ3) is 3.80. The molecule has 0 bridgehead atoms. The molecule has 0 N–H and O–H groups in total. The number of piperidine rings is 1. The molecule has 3 rings (SSSR count). The highest BCUT2D eigenvalue weighted by molar-refractivity contribution is 5.32. The maximum absolute atomic E-state index is 4.77. The Kier molecular flexibility index (Phi) is 4.48. The molecule has 0 unspecified atom stereocenters. The van der Waals surface area contributed by atoms with Crippen LogP contribution in [0.5, 0.6) is 0 Å². The van der Waals surface area contributed by atoms with Crippen LogP contribution in [-0.2, 0) is 13.0 Å². The minimum Gasteiger partial charge on any atom is -0.341 e. The Bertz CT molecular complexity index is 558. The van der Waals surface area contributed by atoms with Gasteiger partial charge in [0.1, 0.15) is 0 Å². The molecule has 1 fully saturated rings. The quantitative estimate of drug-likeness (QED) is 0.847. The van der Waals surface area contributed by atoms with Crippen LogP contribution < -0.4 is 4.90 Å². The first kappa shape index (κ1) is 14.0. The normalized spacial score (nSPS) is 15.4. The van der Waals surface area contributed by atoms with E-state index in [4.69, 9.17) is 4.98 Å². The molecular formula is C16H23N5. The Balaban J connectivity index is 1.63. The fraction of sp³-hybridized carbons (Fsp3) is 0.562. The van der Waals surface area contributed by atoms with Crippen LogP contribution in [0.2, 0.25) is 0 Å². The van der Waals surface area contributed by atoms with Gasteiger partial charge in [-0.3, -0.25) is 0 Å². The first-order valence-corrected chi connectivity index (χ1v) is 7.86. The third-order valence-electron chi connectivity index (χ3n) is 3.94. The summed E-state index contributed by atoms with van der Waals surface area (Å²) in [6.45, 7) is 5.24. The molecule has 112 valence electrons. The van der Waals surface area contributed by atoms with Gasteiger partial charge in [-0.1, -0.05) is 0 Å². The van der Waals surface area contributed by atoms with Crippen LogP contribution in [0, 0.1) is 6.92 Å². The summed E-state index contributed by atoms with van der Waals surface area (Å²) in [6, 6.07) is 2.11. The summed E-state index contributed by atoms with van der Waals surface area (Å²) >= 11 is 0. The Labute approximate surface area is 126 Å². The molecule has 2 aromatic rings. The summed E-state index contributed by atoms with van der Waals surface area (Å²) in [7, 11) is 0. The van der Waals surface area contributed by atoms with Crippen molar-refractivity contribution >= 4 is 5.95 Å². The van der Waals surface area contributed by atoms with Crippen molar-refractivity contribution in [2.75, 3.05) is 18.0 Å². The van der Waals surface area contributed by atoms with Gasteiger partial charge in [0, 0.05) is 43.4 Å². The number of imidazole rings is 1. The molecule has 5 nitrogen and oxygen atoms in total. The molecule has 0 aromatic carbocycles. The summed E-state index contributed by atoms with van der Waals surface area (Å²) in [6.07, 6.45) is 11.6. The van der Waals surface area contributed by atoms with Crippen LogP contribution in [0.1, 0.15) is 37.1 Å². The summed E-state index contributed by atoms with van der Waals surface area (Å²) in [5.74, 6) is 0.923. The summed E-state index contributed by atoms with van der Waals surface area (Å²) in [5, 5.41) is 0. The first-order valence-electron chi connectivity index (χ1n) is 7.86. The Morgan fingerprint density at radius 2 is 2.00 bits per heavy atom. The van der Waals surface area contributed by atoms with E-state index in [-0.39, 0.29) is 0 Å².